The molecule has 0 fully saturated rings. The van der Waals surface area contributed by atoms with Crippen molar-refractivity contribution in [3.8, 4) is 0 Å². The summed E-state index contributed by atoms with van der Waals surface area (Å²) in [6.07, 6.45) is 0. The monoisotopic (exact) mass is 142 g/mol. The van der Waals surface area contributed by atoms with Crippen LogP contribution in [0.5, 0.6) is 0 Å². The minimum atomic E-state index is -0.168. The molecule has 0 radical (unpaired) electrons. The molecule has 0 amide bonds. The summed E-state index contributed by atoms with van der Waals surface area (Å²) in [7, 11) is 2.54. The molecule has 2 heteroatoms. The molecule has 0 saturated carbocycles. The first-order valence-corrected chi connectivity index (χ1v) is 3.29. The van der Waals surface area contributed by atoms with Crippen molar-refractivity contribution >= 4 is 14.5 Å². The van der Waals surface area contributed by atoms with E-state index in [9.17, 15) is 4.39 Å². The van der Waals surface area contributed by atoms with Gasteiger partial charge in [0.2, 0.25) is 0 Å². The molecule has 48 valence electrons. The maximum absolute atomic E-state index is 12.3. The first-order chi connectivity index (χ1) is 4.20. The number of aryl methyl sites for hydroxylation is 1. The van der Waals surface area contributed by atoms with Gasteiger partial charge in [0.15, 0.2) is 0 Å². The molecule has 0 N–H and O–H groups in total. The molecule has 0 aliphatic rings. The third-order valence-electron chi connectivity index (χ3n) is 1.23. The second-order valence-corrected chi connectivity index (χ2v) is 2.62. The second-order valence-electron chi connectivity index (χ2n) is 2.00. The largest absolute Gasteiger partial charge is 0.207 e. The molecule has 1 aromatic carbocycles. The lowest BCUT2D eigenvalue weighted by Crippen LogP contribution is -1.95. The van der Waals surface area contributed by atoms with Crippen LogP contribution in [0.15, 0.2) is 18.2 Å². The van der Waals surface area contributed by atoms with Gasteiger partial charge in [0, 0.05) is 0 Å². The molecule has 1 atom stereocenters. The van der Waals surface area contributed by atoms with E-state index in [1.165, 1.54) is 12.1 Å². The van der Waals surface area contributed by atoms with Crippen molar-refractivity contribution in [1.29, 1.82) is 0 Å². The van der Waals surface area contributed by atoms with Gasteiger partial charge >= 0.3 is 0 Å². The summed E-state index contributed by atoms with van der Waals surface area (Å²) in [6.45, 7) is 1.88. The lowest BCUT2D eigenvalue weighted by atomic mass is 10.2. The van der Waals surface area contributed by atoms with Gasteiger partial charge in [-0.2, -0.15) is 0 Å². The van der Waals surface area contributed by atoms with Crippen LogP contribution in [0.3, 0.4) is 0 Å². The first kappa shape index (κ1) is 6.70. The molecule has 0 heterocycles. The molecule has 0 aromatic heterocycles. The van der Waals surface area contributed by atoms with Crippen LogP contribution in [0.1, 0.15) is 5.56 Å². The summed E-state index contributed by atoms with van der Waals surface area (Å²) < 4.78 is 12.3. The first-order valence-electron chi connectivity index (χ1n) is 2.72. The fraction of sp³-hybridized carbons (Fsp3) is 0.143. The highest BCUT2D eigenvalue weighted by Gasteiger charge is 1.92. The number of benzene rings is 1. The molecule has 1 aromatic rings. The number of hydrogen-bond donors (Lipinski definition) is 0. The van der Waals surface area contributed by atoms with E-state index in [0.29, 0.717) is 0 Å². The fourth-order valence-electron chi connectivity index (χ4n) is 0.639. The minimum absolute atomic E-state index is 0.168. The van der Waals surface area contributed by atoms with Gasteiger partial charge in [0.25, 0.3) is 0 Å². The van der Waals surface area contributed by atoms with E-state index in [2.05, 4.69) is 9.24 Å². The van der Waals surface area contributed by atoms with Crippen LogP contribution in [-0.4, -0.2) is 0 Å². The Morgan fingerprint density at radius 3 is 2.56 bits per heavy atom. The van der Waals surface area contributed by atoms with Crippen molar-refractivity contribution in [1.82, 2.24) is 0 Å². The van der Waals surface area contributed by atoms with E-state index in [4.69, 9.17) is 0 Å². The molecule has 0 nitrogen and oxygen atoms in total. The molecule has 0 aliphatic carbocycles. The summed E-state index contributed by atoms with van der Waals surface area (Å²) in [6, 6.07) is 4.72. The van der Waals surface area contributed by atoms with Crippen LogP contribution in [-0.2, 0) is 0 Å². The quantitative estimate of drug-likeness (QED) is 0.483. The molecule has 9 heavy (non-hydrogen) atoms. The van der Waals surface area contributed by atoms with Crippen LogP contribution in [0.4, 0.5) is 4.39 Å². The van der Waals surface area contributed by atoms with Crippen LogP contribution in [0.2, 0.25) is 0 Å². The maximum atomic E-state index is 12.3. The lowest BCUT2D eigenvalue weighted by Gasteiger charge is -1.95. The van der Waals surface area contributed by atoms with Gasteiger partial charge in [-0.15, -0.1) is 9.24 Å². The Morgan fingerprint density at radius 2 is 2.11 bits per heavy atom. The van der Waals surface area contributed by atoms with Crippen LogP contribution >= 0.6 is 9.24 Å². The Bertz CT molecular complexity index is 220. The molecule has 0 bridgehead atoms. The van der Waals surface area contributed by atoms with Crippen molar-refractivity contribution in [3.63, 3.8) is 0 Å². The van der Waals surface area contributed by atoms with Gasteiger partial charge < -0.3 is 0 Å². The summed E-state index contributed by atoms with van der Waals surface area (Å²) in [5.74, 6) is -0.168. The van der Waals surface area contributed by atoms with E-state index >= 15 is 0 Å². The van der Waals surface area contributed by atoms with E-state index in [-0.39, 0.29) is 5.82 Å². The highest BCUT2D eigenvalue weighted by Crippen LogP contribution is 2.01. The van der Waals surface area contributed by atoms with Crippen LogP contribution < -0.4 is 5.30 Å². The number of halogens is 1. The van der Waals surface area contributed by atoms with Gasteiger partial charge in [-0.05, 0) is 29.9 Å². The van der Waals surface area contributed by atoms with Crippen molar-refractivity contribution in [2.24, 2.45) is 0 Å². The second kappa shape index (κ2) is 2.45. The molecule has 1 rings (SSSR count). The Kier molecular flexibility index (Phi) is 1.82. The molecule has 0 spiro atoms. The zero-order chi connectivity index (χ0) is 6.85. The van der Waals surface area contributed by atoms with Gasteiger partial charge in [-0.1, -0.05) is 6.07 Å². The number of hydrogen-bond acceptors (Lipinski definition) is 0. The smallest absolute Gasteiger partial charge is 0.123 e. The Morgan fingerprint density at radius 1 is 1.44 bits per heavy atom. The van der Waals surface area contributed by atoms with Gasteiger partial charge in [0.1, 0.15) is 5.82 Å². The summed E-state index contributed by atoms with van der Waals surface area (Å²) >= 11 is 0. The Balaban J connectivity index is 3.17. The van der Waals surface area contributed by atoms with E-state index in [1.807, 2.05) is 6.92 Å². The summed E-state index contributed by atoms with van der Waals surface area (Å²) in [5.41, 5.74) is 0.972. The normalized spacial score (nSPS) is 9.67. The maximum Gasteiger partial charge on any atom is 0.123 e. The molecule has 0 aliphatic heterocycles. The highest BCUT2D eigenvalue weighted by atomic mass is 31.0. The van der Waals surface area contributed by atoms with E-state index < -0.39 is 0 Å². The van der Waals surface area contributed by atoms with Gasteiger partial charge in [0.05, 0.1) is 0 Å². The zero-order valence-corrected chi connectivity index (χ0v) is 6.34. The van der Waals surface area contributed by atoms with E-state index in [0.717, 1.165) is 10.9 Å². The molecule has 0 saturated heterocycles. The van der Waals surface area contributed by atoms with Crippen molar-refractivity contribution in [2.75, 3.05) is 0 Å². The minimum Gasteiger partial charge on any atom is -0.207 e. The van der Waals surface area contributed by atoms with Crippen LogP contribution in [0.25, 0.3) is 0 Å². The fourth-order valence-corrected chi connectivity index (χ4v) is 0.819. The predicted molar refractivity (Wildman–Crippen MR) is 40.5 cm³/mol. The summed E-state index contributed by atoms with van der Waals surface area (Å²) in [5, 5.41) is 1.05. The van der Waals surface area contributed by atoms with Crippen molar-refractivity contribution < 1.29 is 4.39 Å². The van der Waals surface area contributed by atoms with Crippen LogP contribution in [0, 0.1) is 12.7 Å². The predicted octanol–water partition coefficient (Wildman–Crippen LogP) is 1.63. The highest BCUT2D eigenvalue weighted by molar-refractivity contribution is 7.27. The van der Waals surface area contributed by atoms with Gasteiger partial charge in [-0.3, -0.25) is 0 Å². The van der Waals surface area contributed by atoms with Crippen molar-refractivity contribution in [3.05, 3.63) is 29.6 Å². The SMILES string of the molecule is Cc1cc(F)ccc1P. The third-order valence-corrected chi connectivity index (χ3v) is 1.88. The molecule has 1 unspecified atom stereocenters. The Hall–Kier alpha value is -0.420. The average molecular weight is 142 g/mol. The van der Waals surface area contributed by atoms with Gasteiger partial charge in [-0.25, -0.2) is 4.39 Å². The average Bonchev–Trinajstić information content (AvgIpc) is 1.80. The Labute approximate surface area is 56.3 Å². The van der Waals surface area contributed by atoms with E-state index in [1.54, 1.807) is 6.07 Å². The lowest BCUT2D eigenvalue weighted by molar-refractivity contribution is 0.627. The third kappa shape index (κ3) is 1.49. The zero-order valence-electron chi connectivity index (χ0n) is 5.19. The standard InChI is InChI=1S/C7H8FP/c1-5-4-6(8)2-3-7(5)9/h2-4H,9H2,1H3. The number of rotatable bonds is 0. The van der Waals surface area contributed by atoms with Crippen molar-refractivity contribution in [2.45, 2.75) is 6.92 Å². The topological polar surface area (TPSA) is 0 Å². The molecular weight excluding hydrogens is 134 g/mol. The molecular formula is C7H8FP. The summed E-state index contributed by atoms with van der Waals surface area (Å²) in [4.78, 5) is 0.